The van der Waals surface area contributed by atoms with E-state index in [2.05, 4.69) is 6.92 Å². The number of ether oxygens (including phenoxy) is 1. The molecule has 1 aromatic rings. The van der Waals surface area contributed by atoms with E-state index in [-0.39, 0.29) is 22.7 Å². The zero-order chi connectivity index (χ0) is 17.4. The normalized spacial score (nSPS) is 20.8. The minimum atomic E-state index is -0.642. The highest BCUT2D eigenvalue weighted by Crippen LogP contribution is 2.30. The second kappa shape index (κ2) is 10.2. The molecule has 0 atom stereocenters. The van der Waals surface area contributed by atoms with Crippen molar-refractivity contribution in [2.24, 2.45) is 5.92 Å². The fourth-order valence-corrected chi connectivity index (χ4v) is 7.06. The molecule has 0 aliphatic carbocycles. The molecule has 1 heterocycles. The van der Waals surface area contributed by atoms with Crippen LogP contribution < -0.4 is 4.74 Å². The molecule has 24 heavy (non-hydrogen) atoms. The van der Waals surface area contributed by atoms with Crippen molar-refractivity contribution in [3.8, 4) is 5.75 Å². The molecule has 1 saturated heterocycles. The first-order chi connectivity index (χ1) is 11.6. The van der Waals surface area contributed by atoms with Gasteiger partial charge in [-0.25, -0.2) is 4.39 Å². The maximum absolute atomic E-state index is 13.4. The molecule has 0 radical (unpaired) electrons. The van der Waals surface area contributed by atoms with Crippen LogP contribution in [0.15, 0.2) is 18.2 Å². The largest absolute Gasteiger partial charge is 0.426 e. The molecule has 1 aromatic carbocycles. The highest BCUT2D eigenvalue weighted by Gasteiger charge is 2.28. The van der Waals surface area contributed by atoms with Crippen LogP contribution in [0.25, 0.3) is 0 Å². The predicted molar refractivity (Wildman–Crippen MR) is 100 cm³/mol. The molecule has 2 nitrogen and oxygen atoms in total. The van der Waals surface area contributed by atoms with Gasteiger partial charge in [0.1, 0.15) is 11.6 Å². The number of carbonyl (C=O) groups is 1. The van der Waals surface area contributed by atoms with E-state index in [4.69, 9.17) is 16.3 Å². The fourth-order valence-electron chi connectivity index (χ4n) is 3.46. The van der Waals surface area contributed by atoms with Gasteiger partial charge < -0.3 is 4.74 Å². The number of halogens is 2. The molecule has 1 aliphatic rings. The maximum Gasteiger partial charge on any atom is 0.314 e. The minimum Gasteiger partial charge on any atom is -0.426 e. The van der Waals surface area contributed by atoms with Crippen molar-refractivity contribution < 1.29 is 13.9 Å². The van der Waals surface area contributed by atoms with Gasteiger partial charge in [-0.05, 0) is 25.0 Å². The monoisotopic (exact) mass is 370 g/mol. The molecule has 1 aliphatic heterocycles. The fraction of sp³-hybridized carbons (Fsp3) is 0.632. The summed E-state index contributed by atoms with van der Waals surface area (Å²) in [5, 5.41) is 0.0419. The molecular formula is C19H28ClFO2Si. The summed E-state index contributed by atoms with van der Waals surface area (Å²) in [5.74, 6) is -0.543. The van der Waals surface area contributed by atoms with E-state index < -0.39 is 14.6 Å². The van der Waals surface area contributed by atoms with Crippen molar-refractivity contribution in [3.63, 3.8) is 0 Å². The third-order valence-corrected chi connectivity index (χ3v) is 8.84. The average molecular weight is 371 g/mol. The number of carbonyl (C=O) groups excluding carboxylic acids is 1. The number of hydrogen-bond acceptors (Lipinski definition) is 2. The van der Waals surface area contributed by atoms with Crippen molar-refractivity contribution in [2.45, 2.75) is 70.0 Å². The van der Waals surface area contributed by atoms with Gasteiger partial charge in [0.15, 0.2) is 0 Å². The van der Waals surface area contributed by atoms with Crippen LogP contribution in [0.2, 0.25) is 23.2 Å². The first kappa shape index (κ1) is 19.5. The standard InChI is InChI=1S/C19H28ClFO2Si/c1-2-3-4-5-6-11-24-12-9-15(10-13-24)19(22)23-16-7-8-17(20)18(21)14-16/h7-8,14-15,24H,2-6,9-13H2,1H3/t15-,24-. The lowest BCUT2D eigenvalue weighted by atomic mass is 10.0. The van der Waals surface area contributed by atoms with Gasteiger partial charge in [0, 0.05) is 14.9 Å². The van der Waals surface area contributed by atoms with E-state index in [9.17, 15) is 9.18 Å². The van der Waals surface area contributed by atoms with Gasteiger partial charge in [-0.1, -0.05) is 68.8 Å². The quantitative estimate of drug-likeness (QED) is 0.243. The topological polar surface area (TPSA) is 26.3 Å². The second-order valence-corrected chi connectivity index (χ2v) is 10.8. The van der Waals surface area contributed by atoms with Crippen molar-refractivity contribution in [2.75, 3.05) is 0 Å². The van der Waals surface area contributed by atoms with Crippen LogP contribution in [0.5, 0.6) is 5.75 Å². The summed E-state index contributed by atoms with van der Waals surface area (Å²) in [6, 6.07) is 8.04. The zero-order valence-corrected chi connectivity index (χ0v) is 16.4. The van der Waals surface area contributed by atoms with Crippen molar-refractivity contribution in [1.82, 2.24) is 0 Å². The number of esters is 1. The first-order valence-corrected chi connectivity index (χ1v) is 12.1. The van der Waals surface area contributed by atoms with Gasteiger partial charge in [-0.15, -0.1) is 0 Å². The van der Waals surface area contributed by atoms with Crippen LogP contribution in [-0.4, -0.2) is 14.8 Å². The number of benzene rings is 1. The van der Waals surface area contributed by atoms with Gasteiger partial charge in [0.2, 0.25) is 0 Å². The summed E-state index contributed by atoms with van der Waals surface area (Å²) in [6.45, 7) is 2.24. The van der Waals surface area contributed by atoms with Crippen LogP contribution >= 0.6 is 11.6 Å². The smallest absolute Gasteiger partial charge is 0.314 e. The van der Waals surface area contributed by atoms with Gasteiger partial charge in [0.25, 0.3) is 0 Å². The van der Waals surface area contributed by atoms with E-state index >= 15 is 0 Å². The van der Waals surface area contributed by atoms with Gasteiger partial charge in [0.05, 0.1) is 10.9 Å². The average Bonchev–Trinajstić information content (AvgIpc) is 2.58. The Morgan fingerprint density at radius 3 is 2.62 bits per heavy atom. The van der Waals surface area contributed by atoms with Crippen molar-refractivity contribution >= 4 is 26.4 Å². The lowest BCUT2D eigenvalue weighted by Gasteiger charge is -2.26. The van der Waals surface area contributed by atoms with E-state index in [1.165, 1.54) is 62.4 Å². The summed E-state index contributed by atoms with van der Waals surface area (Å²) in [7, 11) is -0.642. The third kappa shape index (κ3) is 6.21. The summed E-state index contributed by atoms with van der Waals surface area (Å²) in [5.41, 5.74) is 0. The Labute approximate surface area is 151 Å². The molecule has 2 rings (SSSR count). The first-order valence-electron chi connectivity index (χ1n) is 9.27. The maximum atomic E-state index is 13.4. The second-order valence-electron chi connectivity index (χ2n) is 6.92. The lowest BCUT2D eigenvalue weighted by molar-refractivity contribution is -0.139. The van der Waals surface area contributed by atoms with Crippen LogP contribution in [-0.2, 0) is 4.79 Å². The summed E-state index contributed by atoms with van der Waals surface area (Å²) in [4.78, 5) is 12.2. The Morgan fingerprint density at radius 2 is 1.96 bits per heavy atom. The van der Waals surface area contributed by atoms with Crippen LogP contribution in [0.3, 0.4) is 0 Å². The van der Waals surface area contributed by atoms with E-state index in [0.717, 1.165) is 12.8 Å². The van der Waals surface area contributed by atoms with E-state index in [0.29, 0.717) is 0 Å². The molecule has 134 valence electrons. The zero-order valence-electron chi connectivity index (χ0n) is 14.5. The summed E-state index contributed by atoms with van der Waals surface area (Å²) >= 11 is 5.64. The van der Waals surface area contributed by atoms with Crippen molar-refractivity contribution in [1.29, 1.82) is 0 Å². The molecule has 0 amide bonds. The Balaban J connectivity index is 1.69. The van der Waals surface area contributed by atoms with Gasteiger partial charge >= 0.3 is 5.97 Å². The van der Waals surface area contributed by atoms with Gasteiger partial charge in [-0.3, -0.25) is 4.79 Å². The molecule has 0 aromatic heterocycles. The SMILES string of the molecule is CCCCCCC[Si@H]1CC[C@H](C(=O)Oc2ccc(Cl)c(F)c2)CC1. The number of hydrogen-bond donors (Lipinski definition) is 0. The van der Waals surface area contributed by atoms with Crippen LogP contribution in [0.1, 0.15) is 51.9 Å². The van der Waals surface area contributed by atoms with Crippen molar-refractivity contribution in [3.05, 3.63) is 29.0 Å². The minimum absolute atomic E-state index is 0.0208. The summed E-state index contributed by atoms with van der Waals surface area (Å²) in [6.07, 6.45) is 8.64. The molecule has 0 bridgehead atoms. The van der Waals surface area contributed by atoms with E-state index in [1.807, 2.05) is 0 Å². The predicted octanol–water partition coefficient (Wildman–Crippen LogP) is 5.99. The Morgan fingerprint density at radius 1 is 1.25 bits per heavy atom. The highest BCUT2D eigenvalue weighted by molar-refractivity contribution is 6.59. The molecule has 0 unspecified atom stereocenters. The molecule has 0 spiro atoms. The highest BCUT2D eigenvalue weighted by atomic mass is 35.5. The lowest BCUT2D eigenvalue weighted by Crippen LogP contribution is -2.28. The van der Waals surface area contributed by atoms with Gasteiger partial charge in [-0.2, -0.15) is 0 Å². The van der Waals surface area contributed by atoms with Crippen LogP contribution in [0.4, 0.5) is 4.39 Å². The molecule has 0 saturated carbocycles. The molecule has 0 N–H and O–H groups in total. The number of rotatable bonds is 8. The molecular weight excluding hydrogens is 343 g/mol. The Hall–Kier alpha value is -0.873. The third-order valence-electron chi connectivity index (χ3n) is 5.01. The van der Waals surface area contributed by atoms with Crippen LogP contribution in [0, 0.1) is 11.7 Å². The molecule has 5 heteroatoms. The van der Waals surface area contributed by atoms with E-state index in [1.54, 1.807) is 6.07 Å². The number of unbranched alkanes of at least 4 members (excludes halogenated alkanes) is 4. The Kier molecular flexibility index (Phi) is 8.26. The summed E-state index contributed by atoms with van der Waals surface area (Å²) < 4.78 is 18.7. The molecule has 1 fully saturated rings. The Bertz CT molecular complexity index is 530.